The lowest BCUT2D eigenvalue weighted by Crippen LogP contribution is -2.19. The van der Waals surface area contributed by atoms with Crippen molar-refractivity contribution in [2.45, 2.75) is 0 Å². The molecule has 4 nitrogen and oxygen atoms in total. The third-order valence-electron chi connectivity index (χ3n) is 3.16. The van der Waals surface area contributed by atoms with Crippen molar-refractivity contribution in [3.05, 3.63) is 78.0 Å². The van der Waals surface area contributed by atoms with E-state index in [-0.39, 0.29) is 11.8 Å². The maximum Gasteiger partial charge on any atom is 0.258 e. The Morgan fingerprint density at radius 1 is 0.714 bits per heavy atom. The number of nitrogens with one attached hydrogen (secondary N) is 1. The maximum absolute atomic E-state index is 10.9. The lowest BCUT2D eigenvalue weighted by atomic mass is 10.1. The monoisotopic (exact) mass is 276 g/mol. The van der Waals surface area contributed by atoms with Gasteiger partial charge in [-0.05, 0) is 24.3 Å². The molecule has 0 radical (unpaired) electrons. The van der Waals surface area contributed by atoms with E-state index in [9.17, 15) is 9.59 Å². The number of hydrogen-bond donors (Lipinski definition) is 1. The summed E-state index contributed by atoms with van der Waals surface area (Å²) in [7, 11) is 0. The highest BCUT2D eigenvalue weighted by Gasteiger charge is 2.25. The van der Waals surface area contributed by atoms with E-state index in [1.807, 2.05) is 30.5 Å². The summed E-state index contributed by atoms with van der Waals surface area (Å²) in [5.74, 6) is -0.601. The Kier molecular flexibility index (Phi) is 3.43. The molecule has 4 rings (SSSR count). The Balaban J connectivity index is 0.000000126. The van der Waals surface area contributed by atoms with E-state index in [1.165, 1.54) is 5.39 Å². The van der Waals surface area contributed by atoms with Crippen LogP contribution in [0, 0.1) is 0 Å². The van der Waals surface area contributed by atoms with E-state index >= 15 is 0 Å². The molecule has 21 heavy (non-hydrogen) atoms. The minimum atomic E-state index is -0.300. The van der Waals surface area contributed by atoms with Gasteiger partial charge in [0.2, 0.25) is 0 Å². The summed E-state index contributed by atoms with van der Waals surface area (Å²) in [5.41, 5.74) is 2.00. The van der Waals surface area contributed by atoms with Crippen molar-refractivity contribution in [2.24, 2.45) is 0 Å². The molecular weight excluding hydrogens is 264 g/mol. The Morgan fingerprint density at radius 2 is 1.29 bits per heavy atom. The van der Waals surface area contributed by atoms with Crippen LogP contribution < -0.4 is 5.32 Å². The highest BCUT2D eigenvalue weighted by Crippen LogP contribution is 2.13. The zero-order valence-electron chi connectivity index (χ0n) is 11.1. The molecule has 2 amide bonds. The van der Waals surface area contributed by atoms with Gasteiger partial charge in [-0.1, -0.05) is 36.4 Å². The van der Waals surface area contributed by atoms with Crippen LogP contribution in [0.15, 0.2) is 66.9 Å². The van der Waals surface area contributed by atoms with Crippen LogP contribution in [0.4, 0.5) is 0 Å². The van der Waals surface area contributed by atoms with Gasteiger partial charge in [-0.2, -0.15) is 0 Å². The molecule has 102 valence electrons. The first kappa shape index (κ1) is 13.0. The topological polar surface area (TPSA) is 59.1 Å². The molecule has 1 aliphatic heterocycles. The molecule has 0 fully saturated rings. The predicted molar refractivity (Wildman–Crippen MR) is 80.0 cm³/mol. The van der Waals surface area contributed by atoms with Gasteiger partial charge in [0.1, 0.15) is 0 Å². The number of carbonyl (C=O) groups excluding carboxylic acids is 2. The molecule has 0 aliphatic carbocycles. The molecule has 4 heteroatoms. The van der Waals surface area contributed by atoms with Crippen molar-refractivity contribution in [1.82, 2.24) is 10.3 Å². The molecule has 1 aromatic heterocycles. The third kappa shape index (κ3) is 2.65. The lowest BCUT2D eigenvalue weighted by Gasteiger charge is -1.91. The van der Waals surface area contributed by atoms with Gasteiger partial charge in [-0.15, -0.1) is 0 Å². The number of rotatable bonds is 0. The van der Waals surface area contributed by atoms with Gasteiger partial charge >= 0.3 is 0 Å². The third-order valence-corrected chi connectivity index (χ3v) is 3.16. The Bertz CT molecular complexity index is 729. The number of fused-ring (bicyclic) bond motifs is 2. The summed E-state index contributed by atoms with van der Waals surface area (Å²) in [6, 6.07) is 18.8. The highest BCUT2D eigenvalue weighted by molar-refractivity contribution is 6.21. The smallest absolute Gasteiger partial charge is 0.258 e. The summed E-state index contributed by atoms with van der Waals surface area (Å²) in [5, 5.41) is 3.40. The summed E-state index contributed by atoms with van der Waals surface area (Å²) in [4.78, 5) is 26.1. The molecule has 0 saturated heterocycles. The fourth-order valence-electron chi connectivity index (χ4n) is 2.13. The SMILES string of the molecule is O=C1NC(=O)c2ccccc21.c1ccc2ncccc2c1. The van der Waals surface area contributed by atoms with Crippen molar-refractivity contribution in [3.8, 4) is 0 Å². The molecule has 0 spiro atoms. The van der Waals surface area contributed by atoms with Crippen LogP contribution in [-0.4, -0.2) is 16.8 Å². The van der Waals surface area contributed by atoms with Crippen LogP contribution in [0.3, 0.4) is 0 Å². The van der Waals surface area contributed by atoms with Gasteiger partial charge in [-0.25, -0.2) is 0 Å². The zero-order chi connectivity index (χ0) is 14.7. The number of amides is 2. The summed E-state index contributed by atoms with van der Waals surface area (Å²) < 4.78 is 0. The molecule has 0 saturated carbocycles. The van der Waals surface area contributed by atoms with Crippen LogP contribution >= 0.6 is 0 Å². The summed E-state index contributed by atoms with van der Waals surface area (Å²) in [6.45, 7) is 0. The number of imide groups is 1. The minimum absolute atomic E-state index is 0.300. The van der Waals surface area contributed by atoms with Crippen LogP contribution in [0.1, 0.15) is 20.7 Å². The summed E-state index contributed by atoms with van der Waals surface area (Å²) >= 11 is 0. The average Bonchev–Trinajstić information content (AvgIpc) is 2.83. The minimum Gasteiger partial charge on any atom is -0.288 e. The molecule has 0 unspecified atom stereocenters. The van der Waals surface area contributed by atoms with Crippen LogP contribution in [-0.2, 0) is 0 Å². The van der Waals surface area contributed by atoms with Crippen molar-refractivity contribution < 1.29 is 9.59 Å². The van der Waals surface area contributed by atoms with Gasteiger partial charge in [0, 0.05) is 11.6 Å². The normalized spacial score (nSPS) is 12.4. The van der Waals surface area contributed by atoms with Crippen LogP contribution in [0.2, 0.25) is 0 Å². The standard InChI is InChI=1S/C9H7N.C8H5NO2/c1-2-6-9-8(4-1)5-3-7-10-9;10-7-5-3-1-2-4-6(5)8(11)9-7/h1-7H;1-4H,(H,9,10,11). The number of para-hydroxylation sites is 1. The molecule has 0 bridgehead atoms. The van der Waals surface area contributed by atoms with Gasteiger partial charge < -0.3 is 0 Å². The molecule has 0 atom stereocenters. The first-order valence-corrected chi connectivity index (χ1v) is 6.50. The van der Waals surface area contributed by atoms with Crippen molar-refractivity contribution in [2.75, 3.05) is 0 Å². The van der Waals surface area contributed by atoms with E-state index in [1.54, 1.807) is 24.3 Å². The zero-order valence-corrected chi connectivity index (χ0v) is 11.1. The number of nitrogens with zero attached hydrogens (tertiary/aromatic N) is 1. The van der Waals surface area contributed by atoms with Crippen molar-refractivity contribution in [3.63, 3.8) is 0 Å². The fourth-order valence-corrected chi connectivity index (χ4v) is 2.13. The number of carbonyl (C=O) groups is 2. The van der Waals surface area contributed by atoms with Gasteiger partial charge in [0.15, 0.2) is 0 Å². The predicted octanol–water partition coefficient (Wildman–Crippen LogP) is 2.81. The van der Waals surface area contributed by atoms with Crippen LogP contribution in [0.25, 0.3) is 10.9 Å². The van der Waals surface area contributed by atoms with E-state index < -0.39 is 0 Å². The van der Waals surface area contributed by atoms with E-state index in [2.05, 4.69) is 22.4 Å². The number of benzene rings is 2. The lowest BCUT2D eigenvalue weighted by molar-refractivity contribution is 0.0879. The maximum atomic E-state index is 10.9. The second-order valence-electron chi connectivity index (χ2n) is 4.52. The largest absolute Gasteiger partial charge is 0.288 e. The Labute approximate surface area is 121 Å². The Morgan fingerprint density at radius 3 is 1.95 bits per heavy atom. The van der Waals surface area contributed by atoms with E-state index in [0.29, 0.717) is 11.1 Å². The van der Waals surface area contributed by atoms with Gasteiger partial charge in [0.05, 0.1) is 16.6 Å². The first-order chi connectivity index (χ1) is 10.3. The number of pyridine rings is 1. The quantitative estimate of drug-likeness (QED) is 0.642. The molecule has 1 aliphatic rings. The van der Waals surface area contributed by atoms with Crippen LogP contribution in [0.5, 0.6) is 0 Å². The molecular formula is C17H12N2O2. The van der Waals surface area contributed by atoms with E-state index in [0.717, 1.165) is 5.52 Å². The number of hydrogen-bond acceptors (Lipinski definition) is 3. The highest BCUT2D eigenvalue weighted by atomic mass is 16.2. The van der Waals surface area contributed by atoms with Gasteiger partial charge in [-0.3, -0.25) is 19.9 Å². The number of aromatic nitrogens is 1. The molecule has 2 aromatic carbocycles. The van der Waals surface area contributed by atoms with E-state index in [4.69, 9.17) is 0 Å². The fraction of sp³-hybridized carbons (Fsp3) is 0. The Hall–Kier alpha value is -3.01. The van der Waals surface area contributed by atoms with Crippen molar-refractivity contribution in [1.29, 1.82) is 0 Å². The molecule has 3 aromatic rings. The molecule has 1 N–H and O–H groups in total. The average molecular weight is 276 g/mol. The molecule has 2 heterocycles. The summed E-state index contributed by atoms with van der Waals surface area (Å²) in [6.07, 6.45) is 1.81. The second kappa shape index (κ2) is 5.54. The first-order valence-electron chi connectivity index (χ1n) is 6.50. The second-order valence-corrected chi connectivity index (χ2v) is 4.52. The van der Waals surface area contributed by atoms with Crippen molar-refractivity contribution >= 4 is 22.7 Å². The van der Waals surface area contributed by atoms with Gasteiger partial charge in [0.25, 0.3) is 11.8 Å².